The highest BCUT2D eigenvalue weighted by atomic mass is 16.5. The summed E-state index contributed by atoms with van der Waals surface area (Å²) in [5.74, 6) is 0.948. The number of phenolic OH excluding ortho intramolecular Hbond substituents is 1. The number of anilines is 2. The Balaban J connectivity index is 0.814. The van der Waals surface area contributed by atoms with Crippen LogP contribution in [0.2, 0.25) is 0 Å². The van der Waals surface area contributed by atoms with E-state index in [0.29, 0.717) is 61.7 Å². The van der Waals surface area contributed by atoms with Crippen LogP contribution < -0.4 is 19.9 Å². The lowest BCUT2D eigenvalue weighted by atomic mass is 9.86. The number of nitrogens with one attached hydrogen (secondary N) is 1. The van der Waals surface area contributed by atoms with Gasteiger partial charge in [-0.3, -0.25) is 24.6 Å². The van der Waals surface area contributed by atoms with E-state index in [1.54, 1.807) is 18.3 Å². The number of carbonyl (C=O) groups excluding carboxylic acids is 3. The summed E-state index contributed by atoms with van der Waals surface area (Å²) in [6.07, 6.45) is 10.4. The highest BCUT2D eigenvalue weighted by Crippen LogP contribution is 2.50. The first-order valence-electron chi connectivity index (χ1n) is 21.5. The van der Waals surface area contributed by atoms with E-state index in [9.17, 15) is 19.5 Å². The van der Waals surface area contributed by atoms with Crippen LogP contribution in [0.3, 0.4) is 0 Å². The Kier molecular flexibility index (Phi) is 10.8. The minimum Gasteiger partial charge on any atom is -0.507 e. The molecular weight excluding hydrogens is 743 g/mol. The Morgan fingerprint density at radius 2 is 1.56 bits per heavy atom. The van der Waals surface area contributed by atoms with Crippen molar-refractivity contribution < 1.29 is 24.2 Å². The summed E-state index contributed by atoms with van der Waals surface area (Å²) < 4.78 is 6.76. The summed E-state index contributed by atoms with van der Waals surface area (Å²) >= 11 is 0. The standard InChI is InChI=1S/C47H55N7O5/c1-51(45(58)47(59-38-7-3-2-4-8-38)22-27-53(28-23-47)37-29-41(50-48-31-37)40-9-5-6-10-42(40)55)36-19-26-54(46(30-36)20-21-46)32-33-17-24-52(25-18-33)35-13-11-34(12-14-35)39-15-16-43(56)49-44(39)57/h2-14,29,31,33,36,39,55H,15-28,30,32H2,1H3,(H,49,56,57)/t36?,39-/m1/s1. The molecule has 1 unspecified atom stereocenters. The first-order chi connectivity index (χ1) is 28.7. The number of piperidine rings is 4. The zero-order valence-electron chi connectivity index (χ0n) is 34.0. The molecule has 59 heavy (non-hydrogen) atoms. The van der Waals surface area contributed by atoms with Crippen LogP contribution in [0.5, 0.6) is 11.5 Å². The first-order valence-corrected chi connectivity index (χ1v) is 21.5. The second-order valence-corrected chi connectivity index (χ2v) is 17.5. The molecule has 5 fully saturated rings. The number of benzene rings is 3. The van der Waals surface area contributed by atoms with Gasteiger partial charge in [0.25, 0.3) is 5.91 Å². The number of phenols is 1. The van der Waals surface area contributed by atoms with E-state index in [2.05, 4.69) is 54.5 Å². The molecule has 308 valence electrons. The van der Waals surface area contributed by atoms with Crippen molar-refractivity contribution in [2.75, 3.05) is 56.1 Å². The number of para-hydroxylation sites is 2. The Bertz CT molecular complexity index is 2150. The lowest BCUT2D eigenvalue weighted by Crippen LogP contribution is -2.61. The Hall–Kier alpha value is -5.49. The summed E-state index contributed by atoms with van der Waals surface area (Å²) in [6, 6.07) is 27.4. The van der Waals surface area contributed by atoms with Gasteiger partial charge in [-0.1, -0.05) is 42.5 Å². The fourth-order valence-electron chi connectivity index (χ4n) is 10.1. The summed E-state index contributed by atoms with van der Waals surface area (Å²) in [5, 5.41) is 21.5. The van der Waals surface area contributed by atoms with E-state index >= 15 is 0 Å². The molecule has 1 aliphatic carbocycles. The average Bonchev–Trinajstić information content (AvgIpc) is 4.04. The van der Waals surface area contributed by atoms with E-state index < -0.39 is 5.60 Å². The van der Waals surface area contributed by atoms with Crippen molar-refractivity contribution in [1.82, 2.24) is 25.3 Å². The fraction of sp³-hybridized carbons (Fsp3) is 0.468. The molecule has 3 aromatic carbocycles. The van der Waals surface area contributed by atoms with Crippen molar-refractivity contribution in [2.45, 2.75) is 87.3 Å². The van der Waals surface area contributed by atoms with Crippen molar-refractivity contribution in [3.63, 3.8) is 0 Å². The summed E-state index contributed by atoms with van der Waals surface area (Å²) in [6.45, 7) is 5.37. The summed E-state index contributed by atoms with van der Waals surface area (Å²) in [5.41, 5.74) is 3.51. The smallest absolute Gasteiger partial charge is 0.266 e. The van der Waals surface area contributed by atoms with Crippen molar-refractivity contribution in [3.8, 4) is 22.8 Å². The van der Waals surface area contributed by atoms with Crippen LogP contribution in [0.1, 0.15) is 75.7 Å². The van der Waals surface area contributed by atoms with Gasteiger partial charge in [0, 0.05) is 88.4 Å². The second-order valence-electron chi connectivity index (χ2n) is 17.5. The molecule has 12 heteroatoms. The van der Waals surface area contributed by atoms with Crippen LogP contribution in [0.25, 0.3) is 11.3 Å². The van der Waals surface area contributed by atoms with Gasteiger partial charge in [-0.15, -0.1) is 0 Å². The van der Waals surface area contributed by atoms with Crippen LogP contribution in [0, 0.1) is 5.92 Å². The molecule has 1 spiro atoms. The number of nitrogens with zero attached hydrogens (tertiary/aromatic N) is 6. The number of ether oxygens (including phenoxy) is 1. The van der Waals surface area contributed by atoms with Gasteiger partial charge < -0.3 is 24.5 Å². The quantitative estimate of drug-likeness (QED) is 0.180. The molecule has 0 radical (unpaired) electrons. The normalized spacial score (nSPS) is 23.1. The maximum absolute atomic E-state index is 14.8. The monoisotopic (exact) mass is 797 g/mol. The molecule has 5 heterocycles. The maximum atomic E-state index is 14.8. The van der Waals surface area contributed by atoms with Gasteiger partial charge in [0.2, 0.25) is 11.8 Å². The fourth-order valence-corrected chi connectivity index (χ4v) is 10.1. The third-order valence-corrected chi connectivity index (χ3v) is 13.9. The van der Waals surface area contributed by atoms with Crippen molar-refractivity contribution in [1.29, 1.82) is 0 Å². The second kappa shape index (κ2) is 16.3. The van der Waals surface area contributed by atoms with Crippen molar-refractivity contribution in [2.24, 2.45) is 5.92 Å². The number of hydrogen-bond acceptors (Lipinski definition) is 10. The molecule has 0 bridgehead atoms. The number of carbonyl (C=O) groups is 3. The van der Waals surface area contributed by atoms with Gasteiger partial charge in [0.05, 0.1) is 23.5 Å². The Morgan fingerprint density at radius 3 is 2.27 bits per heavy atom. The average molecular weight is 798 g/mol. The minimum atomic E-state index is -0.985. The SMILES string of the molecule is CN(C(=O)C1(Oc2ccccc2)CCN(c2cnnc(-c3ccccc3O)c2)CC1)C1CCN(CC2CCN(c3ccc([C@H]4CCC(=O)NC4=O)cc3)CC2)C2(CC2)C1. The Labute approximate surface area is 346 Å². The lowest BCUT2D eigenvalue weighted by molar-refractivity contribution is -0.152. The number of aromatic nitrogens is 2. The van der Waals surface area contributed by atoms with Gasteiger partial charge in [-0.2, -0.15) is 10.2 Å². The molecule has 3 amide bonds. The molecule has 4 aromatic rings. The number of rotatable bonds is 10. The largest absolute Gasteiger partial charge is 0.507 e. The van der Waals surface area contributed by atoms with Crippen molar-refractivity contribution in [3.05, 3.63) is 96.7 Å². The highest BCUT2D eigenvalue weighted by Gasteiger charge is 2.54. The minimum absolute atomic E-state index is 0.0653. The zero-order chi connectivity index (χ0) is 40.6. The van der Waals surface area contributed by atoms with Crippen LogP contribution in [0.15, 0.2) is 91.1 Å². The van der Waals surface area contributed by atoms with Gasteiger partial charge >= 0.3 is 0 Å². The van der Waals surface area contributed by atoms with Crippen LogP contribution in [-0.2, 0) is 14.4 Å². The summed E-state index contributed by atoms with van der Waals surface area (Å²) in [7, 11) is 2.00. The zero-order valence-corrected chi connectivity index (χ0v) is 34.0. The van der Waals surface area contributed by atoms with Crippen LogP contribution in [0.4, 0.5) is 11.4 Å². The van der Waals surface area contributed by atoms with Crippen LogP contribution in [-0.4, -0.2) is 106 Å². The van der Waals surface area contributed by atoms with Gasteiger partial charge in [0.15, 0.2) is 5.60 Å². The van der Waals surface area contributed by atoms with Gasteiger partial charge in [0.1, 0.15) is 11.5 Å². The molecule has 4 saturated heterocycles. The lowest BCUT2D eigenvalue weighted by Gasteiger charge is -2.48. The number of aromatic hydroxyl groups is 1. The first kappa shape index (κ1) is 39.0. The van der Waals surface area contributed by atoms with Crippen molar-refractivity contribution >= 4 is 29.1 Å². The third-order valence-electron chi connectivity index (χ3n) is 13.9. The van der Waals surface area contributed by atoms with Gasteiger partial charge in [-0.25, -0.2) is 0 Å². The number of likely N-dealkylation sites (tertiary alicyclic amines) is 1. The maximum Gasteiger partial charge on any atom is 0.266 e. The van der Waals surface area contributed by atoms with E-state index in [0.717, 1.165) is 63.1 Å². The van der Waals surface area contributed by atoms with Gasteiger partial charge in [-0.05, 0) is 98.9 Å². The van der Waals surface area contributed by atoms with E-state index in [-0.39, 0.29) is 41.0 Å². The molecule has 2 atom stereocenters. The number of imide groups is 1. The number of hydrogen-bond donors (Lipinski definition) is 2. The molecule has 1 aromatic heterocycles. The third kappa shape index (κ3) is 8.11. The predicted octanol–water partition coefficient (Wildman–Crippen LogP) is 6.16. The topological polar surface area (TPSA) is 131 Å². The van der Waals surface area contributed by atoms with Crippen LogP contribution >= 0.6 is 0 Å². The van der Waals surface area contributed by atoms with E-state index in [1.807, 2.05) is 60.5 Å². The molecule has 9 rings (SSSR count). The highest BCUT2D eigenvalue weighted by molar-refractivity contribution is 6.01. The summed E-state index contributed by atoms with van der Waals surface area (Å²) in [4.78, 5) is 48.3. The predicted molar refractivity (Wildman–Crippen MR) is 226 cm³/mol. The molecule has 5 aliphatic rings. The number of amides is 3. The molecule has 2 N–H and O–H groups in total. The molecule has 4 aliphatic heterocycles. The number of likely N-dealkylation sites (N-methyl/N-ethyl adjacent to an activating group) is 1. The Morgan fingerprint density at radius 1 is 0.847 bits per heavy atom. The van der Waals surface area contributed by atoms with E-state index in [4.69, 9.17) is 4.74 Å². The van der Waals surface area contributed by atoms with E-state index in [1.165, 1.54) is 18.5 Å². The molecular formula is C47H55N7O5. The molecule has 1 saturated carbocycles. The molecule has 12 nitrogen and oxygen atoms in total.